The van der Waals surface area contributed by atoms with E-state index in [1.807, 2.05) is 0 Å². The molecule has 3 aromatic rings. The van der Waals surface area contributed by atoms with Crippen LogP contribution in [0.2, 0.25) is 0 Å². The number of carbonyl (C=O) groups is 1. The van der Waals surface area contributed by atoms with Gasteiger partial charge in [-0.3, -0.25) is 4.79 Å². The van der Waals surface area contributed by atoms with Crippen molar-refractivity contribution < 1.29 is 18.5 Å². The molecule has 0 saturated carbocycles. The molecule has 0 radical (unpaired) electrons. The maximum atomic E-state index is 13.8. The van der Waals surface area contributed by atoms with Gasteiger partial charge in [-0.05, 0) is 29.2 Å². The Morgan fingerprint density at radius 2 is 1.96 bits per heavy atom. The van der Waals surface area contributed by atoms with Crippen molar-refractivity contribution in [3.63, 3.8) is 0 Å². The highest BCUT2D eigenvalue weighted by molar-refractivity contribution is 8.93. The van der Waals surface area contributed by atoms with Crippen molar-refractivity contribution in [2.75, 3.05) is 7.11 Å². The number of ketones is 1. The summed E-state index contributed by atoms with van der Waals surface area (Å²) >= 11 is 0. The molecule has 6 heteroatoms. The number of rotatable bonds is 5. The highest BCUT2D eigenvalue weighted by Gasteiger charge is 2.14. The monoisotopic (exact) mass is 403 g/mol. The Kier molecular flexibility index (Phi) is 6.36. The van der Waals surface area contributed by atoms with Crippen LogP contribution in [0.25, 0.3) is 11.3 Å². The largest absolute Gasteiger partial charge is 0.497 e. The van der Waals surface area contributed by atoms with Gasteiger partial charge in [0, 0.05) is 11.6 Å². The molecule has 25 heavy (non-hydrogen) atoms. The predicted octanol–water partition coefficient (Wildman–Crippen LogP) is 3.64. The zero-order valence-corrected chi connectivity index (χ0v) is 15.3. The van der Waals surface area contributed by atoms with Gasteiger partial charge in [-0.2, -0.15) is 0 Å². The van der Waals surface area contributed by atoms with Crippen molar-refractivity contribution in [2.45, 2.75) is 6.54 Å². The van der Waals surface area contributed by atoms with Gasteiger partial charge in [0.2, 0.25) is 5.78 Å². The number of hydrogen-bond acceptors (Lipinski definition) is 3. The maximum Gasteiger partial charge on any atom is 0.287 e. The number of carbonyl (C=O) groups excluding carboxylic acids is 1. The van der Waals surface area contributed by atoms with Gasteiger partial charge >= 0.3 is 0 Å². The summed E-state index contributed by atoms with van der Waals surface area (Å²) in [4.78, 5) is 16.6. The van der Waals surface area contributed by atoms with E-state index in [9.17, 15) is 9.18 Å². The third kappa shape index (κ3) is 4.48. The first-order valence-corrected chi connectivity index (χ1v) is 7.44. The van der Waals surface area contributed by atoms with Crippen LogP contribution in [0.1, 0.15) is 10.4 Å². The molecule has 2 aromatic carbocycles. The second-order valence-electron chi connectivity index (χ2n) is 5.25. The topological polar surface area (TPSA) is 43.1 Å². The lowest BCUT2D eigenvalue weighted by Crippen LogP contribution is -2.37. The number of nitrogens with zero attached hydrogens (tertiary/aromatic N) is 2. The first kappa shape index (κ1) is 18.7. The number of aromatic nitrogens is 2. The quantitative estimate of drug-likeness (QED) is 0.482. The average Bonchev–Trinajstić information content (AvgIpc) is 2.63. The molecule has 4 nitrogen and oxygen atoms in total. The van der Waals surface area contributed by atoms with E-state index in [1.54, 1.807) is 66.4 Å². The summed E-state index contributed by atoms with van der Waals surface area (Å²) in [7, 11) is 1.56. The minimum atomic E-state index is -0.324. The van der Waals surface area contributed by atoms with Gasteiger partial charge in [0.1, 0.15) is 11.6 Å². The number of methoxy groups -OCH3 is 1. The van der Waals surface area contributed by atoms with Crippen LogP contribution in [0.15, 0.2) is 67.1 Å². The van der Waals surface area contributed by atoms with Crippen LogP contribution in [0.3, 0.4) is 0 Å². The van der Waals surface area contributed by atoms with Crippen molar-refractivity contribution >= 4 is 22.8 Å². The molecule has 0 unspecified atom stereocenters. The van der Waals surface area contributed by atoms with Gasteiger partial charge < -0.3 is 4.74 Å². The predicted molar refractivity (Wildman–Crippen MR) is 97.5 cm³/mol. The van der Waals surface area contributed by atoms with E-state index < -0.39 is 0 Å². The third-order valence-corrected chi connectivity index (χ3v) is 3.64. The van der Waals surface area contributed by atoms with E-state index in [2.05, 4.69) is 4.98 Å². The van der Waals surface area contributed by atoms with Crippen LogP contribution in [0.5, 0.6) is 5.75 Å². The molecule has 3 rings (SSSR count). The molecule has 0 spiro atoms. The maximum absolute atomic E-state index is 13.8. The standard InChI is InChI=1S/C19H16FN2O2.BrH/c1-24-15-6-4-5-14(11-15)19(23)12-22-10-9-18(21-13-22)16-7-2-3-8-17(16)20;/h2-11,13H,12H2,1H3;1H/q+1;. The van der Waals surface area contributed by atoms with E-state index in [0.29, 0.717) is 22.6 Å². The summed E-state index contributed by atoms with van der Waals surface area (Å²) in [5.41, 5.74) is 1.53. The molecule has 1 aromatic heterocycles. The summed E-state index contributed by atoms with van der Waals surface area (Å²) in [6, 6.07) is 15.1. The lowest BCUT2D eigenvalue weighted by atomic mass is 10.1. The summed E-state index contributed by atoms with van der Waals surface area (Å²) < 4.78 is 20.5. The molecule has 0 aliphatic rings. The fraction of sp³-hybridized carbons (Fsp3) is 0.105. The van der Waals surface area contributed by atoms with Crippen LogP contribution in [-0.4, -0.2) is 17.9 Å². The SMILES string of the molecule is Br.COc1cccc(C(=O)C[n+]2ccc(-c3ccccc3F)nc2)c1. The van der Waals surface area contributed by atoms with Gasteiger partial charge in [-0.25, -0.2) is 8.96 Å². The van der Waals surface area contributed by atoms with E-state index >= 15 is 0 Å². The fourth-order valence-electron chi connectivity index (χ4n) is 2.36. The molecule has 0 atom stereocenters. The van der Waals surface area contributed by atoms with E-state index in [1.165, 1.54) is 12.4 Å². The third-order valence-electron chi connectivity index (χ3n) is 3.64. The normalized spacial score (nSPS) is 10.0. The lowest BCUT2D eigenvalue weighted by molar-refractivity contribution is -0.686. The van der Waals surface area contributed by atoms with Gasteiger partial charge in [0.25, 0.3) is 6.33 Å². The lowest BCUT2D eigenvalue weighted by Gasteiger charge is -2.03. The number of ether oxygens (including phenoxy) is 1. The minimum absolute atomic E-state index is 0. The number of benzene rings is 2. The molecule has 0 bridgehead atoms. The van der Waals surface area contributed by atoms with Crippen LogP contribution < -0.4 is 9.30 Å². The number of hydrogen-bond donors (Lipinski definition) is 0. The van der Waals surface area contributed by atoms with E-state index in [0.717, 1.165) is 0 Å². The smallest absolute Gasteiger partial charge is 0.287 e. The first-order chi connectivity index (χ1) is 11.7. The average molecular weight is 404 g/mol. The molecular formula is C19H17BrFN2O2+. The van der Waals surface area contributed by atoms with Crippen LogP contribution in [0.4, 0.5) is 4.39 Å². The molecule has 0 N–H and O–H groups in total. The molecular weight excluding hydrogens is 387 g/mol. The van der Waals surface area contributed by atoms with Gasteiger partial charge in [0.15, 0.2) is 12.2 Å². The fourth-order valence-corrected chi connectivity index (χ4v) is 2.36. The second kappa shape index (κ2) is 8.48. The van der Waals surface area contributed by atoms with Crippen LogP contribution in [-0.2, 0) is 6.54 Å². The molecule has 0 fully saturated rings. The molecule has 0 saturated heterocycles. The minimum Gasteiger partial charge on any atom is -0.497 e. The van der Waals surface area contributed by atoms with Crippen molar-refractivity contribution in [3.8, 4) is 17.0 Å². The Labute approximate surface area is 155 Å². The molecule has 0 amide bonds. The molecule has 0 aliphatic carbocycles. The highest BCUT2D eigenvalue weighted by atomic mass is 79.9. The summed E-state index contributed by atoms with van der Waals surface area (Å²) in [5.74, 6) is 0.258. The zero-order chi connectivity index (χ0) is 16.9. The Morgan fingerprint density at radius 1 is 1.16 bits per heavy atom. The van der Waals surface area contributed by atoms with Gasteiger partial charge in [0.05, 0.1) is 18.9 Å². The summed E-state index contributed by atoms with van der Waals surface area (Å²) in [6.07, 6.45) is 3.24. The zero-order valence-electron chi connectivity index (χ0n) is 13.6. The Hall–Kier alpha value is -2.60. The van der Waals surface area contributed by atoms with Crippen LogP contribution >= 0.6 is 17.0 Å². The molecule has 0 aliphatic heterocycles. The second-order valence-corrected chi connectivity index (χ2v) is 5.25. The Balaban J connectivity index is 0.00000225. The highest BCUT2D eigenvalue weighted by Crippen LogP contribution is 2.18. The van der Waals surface area contributed by atoms with Crippen molar-refractivity contribution in [3.05, 3.63) is 78.5 Å². The number of Topliss-reactive ketones (excluding diaryl/α,β-unsaturated/α-hetero) is 1. The summed E-state index contributed by atoms with van der Waals surface area (Å²) in [5, 5.41) is 0. The Bertz CT molecular complexity index is 869. The van der Waals surface area contributed by atoms with Crippen molar-refractivity contribution in [1.82, 2.24) is 4.98 Å². The van der Waals surface area contributed by atoms with Crippen molar-refractivity contribution in [1.29, 1.82) is 0 Å². The van der Waals surface area contributed by atoms with Crippen LogP contribution in [0, 0.1) is 5.82 Å². The first-order valence-electron chi connectivity index (χ1n) is 7.44. The Morgan fingerprint density at radius 3 is 2.64 bits per heavy atom. The number of halogens is 2. The van der Waals surface area contributed by atoms with E-state index in [-0.39, 0.29) is 35.1 Å². The molecule has 128 valence electrons. The van der Waals surface area contributed by atoms with Crippen molar-refractivity contribution in [2.24, 2.45) is 0 Å². The summed E-state index contributed by atoms with van der Waals surface area (Å²) in [6.45, 7) is 0.151. The van der Waals surface area contributed by atoms with E-state index in [4.69, 9.17) is 4.74 Å². The molecule has 1 heterocycles. The van der Waals surface area contributed by atoms with Gasteiger partial charge in [-0.1, -0.05) is 24.3 Å². The van der Waals surface area contributed by atoms with Gasteiger partial charge in [-0.15, -0.1) is 17.0 Å².